The summed E-state index contributed by atoms with van der Waals surface area (Å²) in [6.07, 6.45) is 13.7. The molecule has 2 rings (SSSR count). The Kier molecular flexibility index (Phi) is 16.6. The zero-order valence-electron chi connectivity index (χ0n) is 28.0. The summed E-state index contributed by atoms with van der Waals surface area (Å²) in [5, 5.41) is 0.864. The lowest BCUT2D eigenvalue weighted by molar-refractivity contribution is 0.108. The van der Waals surface area contributed by atoms with Gasteiger partial charge in [0.05, 0.1) is 25.1 Å². The van der Waals surface area contributed by atoms with Gasteiger partial charge in [0.2, 0.25) is 0 Å². The van der Waals surface area contributed by atoms with E-state index in [1.54, 1.807) is 0 Å². The quantitative estimate of drug-likeness (QED) is 0.106. The summed E-state index contributed by atoms with van der Waals surface area (Å²) >= 11 is 0. The van der Waals surface area contributed by atoms with Gasteiger partial charge in [-0.2, -0.15) is 0 Å². The van der Waals surface area contributed by atoms with E-state index in [4.69, 9.17) is 14.2 Å². The third-order valence-electron chi connectivity index (χ3n) is 7.68. The Morgan fingerprint density at radius 2 is 1.07 bits per heavy atom. The molecule has 0 heterocycles. The molecule has 1 atom stereocenters. The highest BCUT2D eigenvalue weighted by atomic mass is 31.1. The Morgan fingerprint density at radius 3 is 1.48 bits per heavy atom. The predicted molar refractivity (Wildman–Crippen MR) is 182 cm³/mol. The highest BCUT2D eigenvalue weighted by molar-refractivity contribution is 7.66. The molecule has 4 nitrogen and oxygen atoms in total. The van der Waals surface area contributed by atoms with Crippen molar-refractivity contribution in [3.63, 3.8) is 0 Å². The lowest BCUT2D eigenvalue weighted by atomic mass is 9.84. The number of benzene rings is 2. The van der Waals surface area contributed by atoms with Gasteiger partial charge in [0.1, 0.15) is 17.2 Å². The Balaban J connectivity index is 2.42. The van der Waals surface area contributed by atoms with E-state index in [-0.39, 0.29) is 19.5 Å². The van der Waals surface area contributed by atoms with Crippen LogP contribution in [0.1, 0.15) is 146 Å². The van der Waals surface area contributed by atoms with Crippen LogP contribution in [0, 0.1) is 13.8 Å². The smallest absolute Gasteiger partial charge is 0.186 e. The van der Waals surface area contributed by atoms with Crippen LogP contribution in [-0.2, 0) is 5.41 Å². The number of carbonyl (C=O) groups excluding carboxylic acids is 1. The molecule has 0 saturated carbocycles. The highest BCUT2D eigenvalue weighted by Gasteiger charge is 2.23. The zero-order chi connectivity index (χ0) is 31.0. The summed E-state index contributed by atoms with van der Waals surface area (Å²) in [7, 11) is -0.0918. The van der Waals surface area contributed by atoms with E-state index in [1.165, 1.54) is 50.5 Å². The minimum absolute atomic E-state index is 0.0311. The lowest BCUT2D eigenvalue weighted by Gasteiger charge is -2.22. The average molecular weight is 599 g/mol. The molecule has 42 heavy (non-hydrogen) atoms. The number of aryl methyl sites for hydroxylation is 2. The molecule has 0 N–H and O–H groups in total. The molecule has 0 aliphatic heterocycles. The van der Waals surface area contributed by atoms with Crippen molar-refractivity contribution >= 4 is 19.4 Å². The minimum Gasteiger partial charge on any atom is -0.493 e. The van der Waals surface area contributed by atoms with Crippen LogP contribution in [-0.4, -0.2) is 25.3 Å². The van der Waals surface area contributed by atoms with Gasteiger partial charge in [0, 0.05) is 17.7 Å². The largest absolute Gasteiger partial charge is 0.493 e. The van der Waals surface area contributed by atoms with Crippen LogP contribution in [0.15, 0.2) is 24.3 Å². The second-order valence-electron chi connectivity index (χ2n) is 12.7. The molecule has 0 radical (unpaired) electrons. The van der Waals surface area contributed by atoms with Crippen molar-refractivity contribution in [2.75, 3.05) is 19.8 Å². The van der Waals surface area contributed by atoms with Crippen molar-refractivity contribution in [3.05, 3.63) is 46.5 Å². The number of carbonyl (C=O) groups is 1. The van der Waals surface area contributed by atoms with Crippen LogP contribution in [0.5, 0.6) is 17.2 Å². The van der Waals surface area contributed by atoms with Crippen LogP contribution < -0.4 is 19.5 Å². The maximum Gasteiger partial charge on any atom is 0.186 e. The first-order valence-corrected chi connectivity index (χ1v) is 17.6. The predicted octanol–water partition coefficient (Wildman–Crippen LogP) is 10.6. The van der Waals surface area contributed by atoms with Crippen molar-refractivity contribution in [2.45, 2.75) is 138 Å². The summed E-state index contributed by atoms with van der Waals surface area (Å²) in [6.45, 7) is 19.3. The first kappa shape index (κ1) is 36.1. The first-order valence-electron chi connectivity index (χ1n) is 16.6. The summed E-state index contributed by atoms with van der Waals surface area (Å²) in [5.74, 6) is 2.23. The van der Waals surface area contributed by atoms with E-state index in [0.717, 1.165) is 71.3 Å². The summed E-state index contributed by atoms with van der Waals surface area (Å²) in [6, 6.07) is 8.33. The molecule has 0 fully saturated rings. The van der Waals surface area contributed by atoms with Gasteiger partial charge in [-0.05, 0) is 63.8 Å². The van der Waals surface area contributed by atoms with E-state index in [1.807, 2.05) is 12.1 Å². The van der Waals surface area contributed by atoms with E-state index in [2.05, 4.69) is 67.5 Å². The molecule has 0 aliphatic carbocycles. The molecular weight excluding hydrogens is 539 g/mol. The van der Waals surface area contributed by atoms with Crippen molar-refractivity contribution in [1.29, 1.82) is 0 Å². The third kappa shape index (κ3) is 12.3. The number of hydrogen-bond donors (Lipinski definition) is 0. The number of hydrogen-bond acceptors (Lipinski definition) is 4. The van der Waals surface area contributed by atoms with Crippen LogP contribution in [0.3, 0.4) is 0 Å². The molecule has 0 amide bonds. The minimum atomic E-state index is -0.0918. The van der Waals surface area contributed by atoms with Gasteiger partial charge >= 0.3 is 0 Å². The molecule has 0 aliphatic rings. The van der Waals surface area contributed by atoms with Crippen LogP contribution in [0.25, 0.3) is 0 Å². The van der Waals surface area contributed by atoms with Crippen molar-refractivity contribution < 1.29 is 19.0 Å². The molecule has 0 aromatic heterocycles. The Hall–Kier alpha value is -2.06. The fourth-order valence-corrected chi connectivity index (χ4v) is 6.35. The van der Waals surface area contributed by atoms with Crippen molar-refractivity contribution in [2.24, 2.45) is 0 Å². The van der Waals surface area contributed by atoms with Gasteiger partial charge in [-0.15, -0.1) is 0 Å². The van der Waals surface area contributed by atoms with E-state index in [0.29, 0.717) is 19.8 Å². The number of ether oxygens (including phenoxy) is 3. The van der Waals surface area contributed by atoms with Gasteiger partial charge in [0.25, 0.3) is 0 Å². The van der Waals surface area contributed by atoms with Gasteiger partial charge in [0.15, 0.2) is 5.52 Å². The molecule has 1 unspecified atom stereocenters. The van der Waals surface area contributed by atoms with Gasteiger partial charge in [-0.3, -0.25) is 4.79 Å². The Bertz CT molecular complexity index is 1030. The molecule has 0 spiro atoms. The summed E-state index contributed by atoms with van der Waals surface area (Å²) in [4.78, 5) is 14.0. The summed E-state index contributed by atoms with van der Waals surface area (Å²) in [5.41, 5.74) is 4.31. The molecule has 236 valence electrons. The molecule has 0 saturated heterocycles. The third-order valence-corrected chi connectivity index (χ3v) is 8.90. The van der Waals surface area contributed by atoms with E-state index >= 15 is 0 Å². The van der Waals surface area contributed by atoms with Crippen molar-refractivity contribution in [3.8, 4) is 17.2 Å². The second-order valence-corrected chi connectivity index (χ2v) is 13.9. The normalized spacial score (nSPS) is 11.8. The monoisotopic (exact) mass is 598 g/mol. The topological polar surface area (TPSA) is 44.8 Å². The van der Waals surface area contributed by atoms with Gasteiger partial charge < -0.3 is 14.2 Å². The lowest BCUT2D eigenvalue weighted by Crippen LogP contribution is -2.16. The van der Waals surface area contributed by atoms with Crippen LogP contribution in [0.4, 0.5) is 0 Å². The SMILES string of the molecule is CCCCCCOc1cc(OCCCCCC)c(PC(=O)c2c(C)cc(C(C)(C)C)cc2C)c(OCCCCCC)c1. The molecule has 0 bridgehead atoms. The number of unbranched alkanes of at least 4 members (excludes halogenated alkanes) is 9. The number of rotatable bonds is 21. The van der Waals surface area contributed by atoms with E-state index in [9.17, 15) is 4.79 Å². The highest BCUT2D eigenvalue weighted by Crippen LogP contribution is 2.37. The fraction of sp³-hybridized carbons (Fsp3) is 0.649. The first-order chi connectivity index (χ1) is 20.1. The molecular formula is C37H59O4P. The maximum atomic E-state index is 14.0. The average Bonchev–Trinajstić information content (AvgIpc) is 2.93. The van der Waals surface area contributed by atoms with E-state index < -0.39 is 0 Å². The standard InChI is InChI=1S/C37H59O4P/c1-9-12-15-18-21-39-31-26-32(40-22-19-16-13-10-2)35(33(27-31)41-23-20-17-14-11-3)42-36(38)34-28(4)24-30(25-29(34)5)37(6,7)8/h24-27,42H,9-23H2,1-8H3. The molecule has 5 heteroatoms. The fourth-order valence-electron chi connectivity index (χ4n) is 5.07. The van der Waals surface area contributed by atoms with Crippen molar-refractivity contribution in [1.82, 2.24) is 0 Å². The van der Waals surface area contributed by atoms with Gasteiger partial charge in [-0.1, -0.05) is 111 Å². The second kappa shape index (κ2) is 19.3. The summed E-state index contributed by atoms with van der Waals surface area (Å²) < 4.78 is 19.0. The molecule has 2 aromatic carbocycles. The zero-order valence-corrected chi connectivity index (χ0v) is 29.0. The van der Waals surface area contributed by atoms with Gasteiger partial charge in [-0.25, -0.2) is 0 Å². The van der Waals surface area contributed by atoms with Crippen LogP contribution in [0.2, 0.25) is 0 Å². The maximum absolute atomic E-state index is 14.0. The Morgan fingerprint density at radius 1 is 0.643 bits per heavy atom. The molecule has 2 aromatic rings. The Labute approximate surface area is 259 Å². The van der Waals surface area contributed by atoms with Crippen LogP contribution >= 0.6 is 8.58 Å².